The first-order valence-corrected chi connectivity index (χ1v) is 12.6. The van der Waals surface area contributed by atoms with E-state index >= 15 is 0 Å². The van der Waals surface area contributed by atoms with Gasteiger partial charge in [-0.05, 0) is 31.2 Å². The second kappa shape index (κ2) is 10.5. The van der Waals surface area contributed by atoms with E-state index in [-0.39, 0.29) is 30.6 Å². The number of aromatic amines is 1. The lowest BCUT2D eigenvalue weighted by molar-refractivity contribution is -0.162. The van der Waals surface area contributed by atoms with Crippen LogP contribution >= 0.6 is 0 Å². The molecule has 2 fully saturated rings. The molecule has 0 spiro atoms. The Balaban J connectivity index is 1.25. The standard InChI is InChI=1S/C25H28F3N7O3/c26-25(27,28)14-34-13-17(16-4-2-1-3-5-16)6-7-19(22(34)36)31-23(37)33-10-8-18(9-11-33)35-20-12-29-15-30-21(20)32-24(35)38/h1-5,12,15,17-19H,6-11,13-14H2,(H,31,37)(H,29,30,32,38). The first-order chi connectivity index (χ1) is 18.2. The first-order valence-electron chi connectivity index (χ1n) is 12.6. The first kappa shape index (κ1) is 25.7. The molecule has 0 saturated carbocycles. The molecule has 202 valence electrons. The molecule has 2 aromatic heterocycles. The maximum atomic E-state index is 13.3. The molecule has 4 heterocycles. The summed E-state index contributed by atoms with van der Waals surface area (Å²) in [6.07, 6.45) is 0.0361. The van der Waals surface area contributed by atoms with Gasteiger partial charge >= 0.3 is 17.9 Å². The van der Waals surface area contributed by atoms with Gasteiger partial charge in [-0.15, -0.1) is 0 Å². The molecule has 2 aliphatic rings. The molecular weight excluding hydrogens is 503 g/mol. The second-order valence-corrected chi connectivity index (χ2v) is 9.80. The lowest BCUT2D eigenvalue weighted by atomic mass is 9.93. The number of fused-ring (bicyclic) bond motifs is 1. The fourth-order valence-corrected chi connectivity index (χ4v) is 5.44. The predicted molar refractivity (Wildman–Crippen MR) is 131 cm³/mol. The molecule has 2 atom stereocenters. The Labute approximate surface area is 215 Å². The van der Waals surface area contributed by atoms with Crippen LogP contribution < -0.4 is 11.0 Å². The molecule has 10 nitrogen and oxygen atoms in total. The number of hydrogen-bond donors (Lipinski definition) is 2. The highest BCUT2D eigenvalue weighted by atomic mass is 19.4. The molecule has 3 aromatic rings. The number of carbonyl (C=O) groups excluding carboxylic acids is 2. The number of nitrogens with zero attached hydrogens (tertiary/aromatic N) is 5. The van der Waals surface area contributed by atoms with Gasteiger partial charge in [0, 0.05) is 31.6 Å². The zero-order valence-corrected chi connectivity index (χ0v) is 20.5. The van der Waals surface area contributed by atoms with Crippen molar-refractivity contribution in [2.75, 3.05) is 26.2 Å². The van der Waals surface area contributed by atoms with E-state index in [4.69, 9.17) is 0 Å². The van der Waals surface area contributed by atoms with E-state index in [1.54, 1.807) is 10.8 Å². The number of rotatable bonds is 4. The summed E-state index contributed by atoms with van der Waals surface area (Å²) in [6.45, 7) is -0.786. The summed E-state index contributed by atoms with van der Waals surface area (Å²) >= 11 is 0. The molecule has 0 aliphatic carbocycles. The largest absolute Gasteiger partial charge is 0.406 e. The number of alkyl halides is 3. The van der Waals surface area contributed by atoms with Gasteiger partial charge in [0.2, 0.25) is 5.91 Å². The van der Waals surface area contributed by atoms with Gasteiger partial charge in [0.1, 0.15) is 24.4 Å². The maximum Gasteiger partial charge on any atom is 0.406 e. The number of benzene rings is 1. The summed E-state index contributed by atoms with van der Waals surface area (Å²) in [4.78, 5) is 51.8. The van der Waals surface area contributed by atoms with Crippen LogP contribution in [-0.2, 0) is 4.79 Å². The van der Waals surface area contributed by atoms with Crippen molar-refractivity contribution in [3.63, 3.8) is 0 Å². The minimum absolute atomic E-state index is 0.0663. The van der Waals surface area contributed by atoms with Crippen molar-refractivity contribution in [1.82, 2.24) is 34.6 Å². The molecule has 3 amide bonds. The third kappa shape index (κ3) is 5.50. The molecule has 13 heteroatoms. The van der Waals surface area contributed by atoms with Crippen LogP contribution in [0.25, 0.3) is 11.2 Å². The van der Waals surface area contributed by atoms with Crippen LogP contribution in [-0.4, -0.2) is 79.7 Å². The van der Waals surface area contributed by atoms with Gasteiger partial charge in [0.05, 0.1) is 6.20 Å². The summed E-state index contributed by atoms with van der Waals surface area (Å²) in [5, 5.41) is 2.69. The van der Waals surface area contributed by atoms with Crippen molar-refractivity contribution in [2.24, 2.45) is 0 Å². The highest BCUT2D eigenvalue weighted by Crippen LogP contribution is 2.30. The number of nitrogens with one attached hydrogen (secondary N) is 2. The SMILES string of the molecule is O=C(NC1CCC(c2ccccc2)CN(CC(F)(F)F)C1=O)N1CCC(n2c(=O)[nH]c3ncncc32)CC1. The van der Waals surface area contributed by atoms with E-state index in [2.05, 4.69) is 20.3 Å². The predicted octanol–water partition coefficient (Wildman–Crippen LogP) is 2.80. The summed E-state index contributed by atoms with van der Waals surface area (Å²) in [5.41, 5.74) is 1.58. The Morgan fingerprint density at radius 3 is 2.53 bits per heavy atom. The van der Waals surface area contributed by atoms with Gasteiger partial charge in [0.25, 0.3) is 0 Å². The molecule has 2 aliphatic heterocycles. The van der Waals surface area contributed by atoms with Crippen molar-refractivity contribution >= 4 is 23.1 Å². The van der Waals surface area contributed by atoms with Gasteiger partial charge in [0.15, 0.2) is 5.65 Å². The number of hydrogen-bond acceptors (Lipinski definition) is 5. The molecule has 0 radical (unpaired) electrons. The van der Waals surface area contributed by atoms with E-state index in [1.807, 2.05) is 30.3 Å². The fourth-order valence-electron chi connectivity index (χ4n) is 5.44. The van der Waals surface area contributed by atoms with Gasteiger partial charge in [-0.2, -0.15) is 13.2 Å². The Hall–Kier alpha value is -3.90. The van der Waals surface area contributed by atoms with E-state index in [0.29, 0.717) is 43.5 Å². The van der Waals surface area contributed by atoms with Crippen LogP contribution in [0.5, 0.6) is 0 Å². The average molecular weight is 532 g/mol. The second-order valence-electron chi connectivity index (χ2n) is 9.80. The van der Waals surface area contributed by atoms with Gasteiger partial charge in [-0.1, -0.05) is 30.3 Å². The zero-order chi connectivity index (χ0) is 26.9. The number of piperidine rings is 1. The normalized spacial score (nSPS) is 21.5. The topological polar surface area (TPSA) is 116 Å². The van der Waals surface area contributed by atoms with E-state index in [1.165, 1.54) is 11.2 Å². The summed E-state index contributed by atoms with van der Waals surface area (Å²) < 4.78 is 41.5. The Morgan fingerprint density at radius 1 is 1.08 bits per heavy atom. The Kier molecular flexibility index (Phi) is 7.09. The molecule has 0 bridgehead atoms. The number of H-pyrrole nitrogens is 1. The van der Waals surface area contributed by atoms with Crippen molar-refractivity contribution in [3.05, 3.63) is 58.9 Å². The number of likely N-dealkylation sites (tertiary alicyclic amines) is 2. The van der Waals surface area contributed by atoms with Crippen molar-refractivity contribution in [3.8, 4) is 0 Å². The Bertz CT molecular complexity index is 1350. The summed E-state index contributed by atoms with van der Waals surface area (Å²) in [6, 6.07) is 7.43. The highest BCUT2D eigenvalue weighted by Gasteiger charge is 2.40. The van der Waals surface area contributed by atoms with Crippen LogP contribution in [0.2, 0.25) is 0 Å². The van der Waals surface area contributed by atoms with Crippen LogP contribution in [0.15, 0.2) is 47.7 Å². The van der Waals surface area contributed by atoms with Crippen LogP contribution in [0, 0.1) is 0 Å². The van der Waals surface area contributed by atoms with Crippen LogP contribution in [0.1, 0.15) is 43.2 Å². The van der Waals surface area contributed by atoms with E-state index in [9.17, 15) is 27.6 Å². The maximum absolute atomic E-state index is 13.3. The minimum Gasteiger partial charge on any atom is -0.331 e. The van der Waals surface area contributed by atoms with E-state index < -0.39 is 30.7 Å². The number of halogens is 3. The molecular formula is C25H28F3N7O3. The summed E-state index contributed by atoms with van der Waals surface area (Å²) in [7, 11) is 0. The third-order valence-electron chi connectivity index (χ3n) is 7.31. The smallest absolute Gasteiger partial charge is 0.331 e. The van der Waals surface area contributed by atoms with Crippen molar-refractivity contribution < 1.29 is 22.8 Å². The Morgan fingerprint density at radius 2 is 1.82 bits per heavy atom. The van der Waals surface area contributed by atoms with Crippen LogP contribution in [0.3, 0.4) is 0 Å². The fraction of sp³-hybridized carbons (Fsp3) is 0.480. The number of amides is 3. The molecule has 1 aromatic carbocycles. The number of carbonyl (C=O) groups is 2. The minimum atomic E-state index is -4.55. The van der Waals surface area contributed by atoms with Gasteiger partial charge < -0.3 is 15.1 Å². The summed E-state index contributed by atoms with van der Waals surface area (Å²) in [5.74, 6) is -0.993. The number of urea groups is 1. The van der Waals surface area contributed by atoms with Crippen LogP contribution in [0.4, 0.5) is 18.0 Å². The van der Waals surface area contributed by atoms with Gasteiger partial charge in [-0.25, -0.2) is 19.6 Å². The lowest BCUT2D eigenvalue weighted by Crippen LogP contribution is -2.54. The van der Waals surface area contributed by atoms with E-state index in [0.717, 1.165) is 10.5 Å². The monoisotopic (exact) mass is 531 g/mol. The molecule has 2 saturated heterocycles. The highest BCUT2D eigenvalue weighted by molar-refractivity contribution is 5.87. The molecule has 5 rings (SSSR count). The number of aromatic nitrogens is 4. The molecule has 2 N–H and O–H groups in total. The third-order valence-corrected chi connectivity index (χ3v) is 7.31. The molecule has 2 unspecified atom stereocenters. The number of imidazole rings is 1. The van der Waals surface area contributed by atoms with Crippen molar-refractivity contribution in [2.45, 2.75) is 49.9 Å². The quantitative estimate of drug-likeness (QED) is 0.537. The zero-order valence-electron chi connectivity index (χ0n) is 20.5. The molecule has 38 heavy (non-hydrogen) atoms. The lowest BCUT2D eigenvalue weighted by Gasteiger charge is -2.34. The van der Waals surface area contributed by atoms with Crippen molar-refractivity contribution in [1.29, 1.82) is 0 Å². The van der Waals surface area contributed by atoms with Gasteiger partial charge in [-0.3, -0.25) is 14.3 Å². The average Bonchev–Trinajstić information content (AvgIpc) is 3.16.